The lowest BCUT2D eigenvalue weighted by atomic mass is 10.0. The fourth-order valence-electron chi connectivity index (χ4n) is 3.61. The molecular weight excluding hydrogens is 390 g/mol. The van der Waals surface area contributed by atoms with Gasteiger partial charge >= 0.3 is 0 Å². The van der Waals surface area contributed by atoms with Crippen molar-refractivity contribution in [2.24, 2.45) is 0 Å². The Morgan fingerprint density at radius 3 is 1.70 bits per heavy atom. The van der Waals surface area contributed by atoms with E-state index in [1.54, 1.807) is 38.5 Å². The van der Waals surface area contributed by atoms with Gasteiger partial charge in [0, 0.05) is 53.5 Å². The van der Waals surface area contributed by atoms with Gasteiger partial charge in [0.25, 0.3) is 0 Å². The molecule has 0 bridgehead atoms. The third-order valence-corrected chi connectivity index (χ3v) is 5.44. The van der Waals surface area contributed by atoms with Crippen LogP contribution in [0.15, 0.2) is 48.5 Å². The van der Waals surface area contributed by atoms with Crippen molar-refractivity contribution in [3.8, 4) is 0 Å². The van der Waals surface area contributed by atoms with Crippen LogP contribution in [-0.2, 0) is 14.2 Å². The van der Waals surface area contributed by atoms with Crippen molar-refractivity contribution in [2.45, 2.75) is 12.4 Å². The zero-order valence-corrected chi connectivity index (χ0v) is 17.6. The molecule has 1 aliphatic heterocycles. The van der Waals surface area contributed by atoms with E-state index >= 15 is 0 Å². The maximum atomic E-state index is 13.3. The highest BCUT2D eigenvalue weighted by Crippen LogP contribution is 2.26. The molecule has 0 atom stereocenters. The molecule has 0 spiro atoms. The Bertz CT molecular complexity index is 701. The van der Waals surface area contributed by atoms with Crippen LogP contribution >= 0.6 is 0 Å². The summed E-state index contributed by atoms with van der Waals surface area (Å²) in [5, 5.41) is 0. The molecule has 0 aliphatic carbocycles. The predicted molar refractivity (Wildman–Crippen MR) is 111 cm³/mol. The van der Waals surface area contributed by atoms with E-state index in [0.29, 0.717) is 6.61 Å². The Kier molecular flexibility index (Phi) is 8.72. The average Bonchev–Trinajstić information content (AvgIpc) is 2.77. The first-order valence-electron chi connectivity index (χ1n) is 10.2. The van der Waals surface area contributed by atoms with E-state index in [1.165, 1.54) is 24.3 Å². The average molecular weight is 421 g/mol. The van der Waals surface area contributed by atoms with Gasteiger partial charge in [-0.25, -0.2) is 8.78 Å². The minimum Gasteiger partial charge on any atom is -0.367 e. The van der Waals surface area contributed by atoms with E-state index in [1.807, 2.05) is 0 Å². The summed E-state index contributed by atoms with van der Waals surface area (Å²) in [4.78, 5) is 4.69. The molecule has 0 aromatic heterocycles. The standard InChI is InChI=1S/C23H30F2N2O3/c1-28-22(29-2)17-27-13-11-26(12-14-27)15-16-30-23(18-3-7-20(24)8-4-18)19-5-9-21(25)10-6-19/h3-10,22-23H,11-17H2,1-2H3. The van der Waals surface area contributed by atoms with Gasteiger partial charge in [0.05, 0.1) is 6.61 Å². The van der Waals surface area contributed by atoms with Gasteiger partial charge in [0.15, 0.2) is 6.29 Å². The zero-order chi connectivity index (χ0) is 21.3. The van der Waals surface area contributed by atoms with Gasteiger partial charge in [-0.15, -0.1) is 0 Å². The summed E-state index contributed by atoms with van der Waals surface area (Å²) >= 11 is 0. The van der Waals surface area contributed by atoms with Gasteiger partial charge in [-0.1, -0.05) is 24.3 Å². The highest BCUT2D eigenvalue weighted by atomic mass is 19.1. The monoisotopic (exact) mass is 420 g/mol. The molecule has 30 heavy (non-hydrogen) atoms. The van der Waals surface area contributed by atoms with E-state index < -0.39 is 0 Å². The fourth-order valence-corrected chi connectivity index (χ4v) is 3.61. The maximum Gasteiger partial charge on any atom is 0.169 e. The Labute approximate surface area is 177 Å². The van der Waals surface area contributed by atoms with E-state index in [0.717, 1.165) is 50.4 Å². The van der Waals surface area contributed by atoms with Crippen molar-refractivity contribution in [1.82, 2.24) is 9.80 Å². The normalized spacial score (nSPS) is 15.9. The van der Waals surface area contributed by atoms with Crippen molar-refractivity contribution in [3.63, 3.8) is 0 Å². The van der Waals surface area contributed by atoms with Gasteiger partial charge in [0.1, 0.15) is 17.7 Å². The molecule has 3 rings (SSSR count). The number of methoxy groups -OCH3 is 2. The number of benzene rings is 2. The molecule has 0 unspecified atom stereocenters. The number of hydrogen-bond donors (Lipinski definition) is 0. The molecule has 1 heterocycles. The van der Waals surface area contributed by atoms with Crippen LogP contribution in [0.25, 0.3) is 0 Å². The summed E-state index contributed by atoms with van der Waals surface area (Å²) in [5.74, 6) is -0.586. The van der Waals surface area contributed by atoms with Crippen LogP contribution in [0.5, 0.6) is 0 Å². The summed E-state index contributed by atoms with van der Waals surface area (Å²) < 4.78 is 43.4. The van der Waals surface area contributed by atoms with Crippen LogP contribution in [0, 0.1) is 11.6 Å². The Hall–Kier alpha value is -1.90. The highest BCUT2D eigenvalue weighted by Gasteiger charge is 2.21. The Morgan fingerprint density at radius 1 is 0.767 bits per heavy atom. The van der Waals surface area contributed by atoms with Crippen molar-refractivity contribution in [1.29, 1.82) is 0 Å². The van der Waals surface area contributed by atoms with Gasteiger partial charge in [0.2, 0.25) is 0 Å². The van der Waals surface area contributed by atoms with E-state index in [-0.39, 0.29) is 24.0 Å². The molecular formula is C23H30F2N2O3. The van der Waals surface area contributed by atoms with Crippen molar-refractivity contribution >= 4 is 0 Å². The van der Waals surface area contributed by atoms with Crippen molar-refractivity contribution in [3.05, 3.63) is 71.3 Å². The molecule has 0 radical (unpaired) electrons. The van der Waals surface area contributed by atoms with Gasteiger partial charge < -0.3 is 14.2 Å². The molecule has 1 saturated heterocycles. The summed E-state index contributed by atoms with van der Waals surface area (Å²) in [6.45, 7) is 5.87. The first-order chi connectivity index (χ1) is 14.6. The van der Waals surface area contributed by atoms with Crippen LogP contribution in [0.4, 0.5) is 8.78 Å². The molecule has 164 valence electrons. The second-order valence-corrected chi connectivity index (χ2v) is 7.40. The topological polar surface area (TPSA) is 34.2 Å². The molecule has 7 heteroatoms. The first kappa shape index (κ1) is 22.8. The molecule has 0 saturated carbocycles. The van der Waals surface area contributed by atoms with Crippen LogP contribution in [0.1, 0.15) is 17.2 Å². The smallest absolute Gasteiger partial charge is 0.169 e. The summed E-state index contributed by atoms with van der Waals surface area (Å²) in [5.41, 5.74) is 1.69. The number of piperazine rings is 1. The lowest BCUT2D eigenvalue weighted by Gasteiger charge is -2.36. The largest absolute Gasteiger partial charge is 0.367 e. The predicted octanol–water partition coefficient (Wildman–Crippen LogP) is 3.31. The SMILES string of the molecule is COC(CN1CCN(CCOC(c2ccc(F)cc2)c2ccc(F)cc2)CC1)OC. The van der Waals surface area contributed by atoms with Crippen molar-refractivity contribution < 1.29 is 23.0 Å². The fraction of sp³-hybridized carbons (Fsp3) is 0.478. The van der Waals surface area contributed by atoms with E-state index in [9.17, 15) is 8.78 Å². The number of hydrogen-bond acceptors (Lipinski definition) is 5. The molecule has 1 aliphatic rings. The third-order valence-electron chi connectivity index (χ3n) is 5.44. The summed E-state index contributed by atoms with van der Waals surface area (Å²) in [6.07, 6.45) is -0.566. The quantitative estimate of drug-likeness (QED) is 0.551. The zero-order valence-electron chi connectivity index (χ0n) is 17.6. The van der Waals surface area contributed by atoms with Crippen LogP contribution in [0.3, 0.4) is 0 Å². The second kappa shape index (κ2) is 11.5. The van der Waals surface area contributed by atoms with Gasteiger partial charge in [-0.3, -0.25) is 9.80 Å². The van der Waals surface area contributed by atoms with Crippen LogP contribution in [-0.4, -0.2) is 76.2 Å². The Morgan fingerprint density at radius 2 is 1.23 bits per heavy atom. The second-order valence-electron chi connectivity index (χ2n) is 7.40. The van der Waals surface area contributed by atoms with Crippen LogP contribution < -0.4 is 0 Å². The number of halogens is 2. The summed E-state index contributed by atoms with van der Waals surface area (Å²) in [7, 11) is 3.31. The van der Waals surface area contributed by atoms with Gasteiger partial charge in [-0.05, 0) is 35.4 Å². The Balaban J connectivity index is 1.53. The molecule has 2 aromatic rings. The maximum absolute atomic E-state index is 13.3. The molecule has 0 N–H and O–H groups in total. The van der Waals surface area contributed by atoms with E-state index in [4.69, 9.17) is 14.2 Å². The van der Waals surface area contributed by atoms with E-state index in [2.05, 4.69) is 9.80 Å². The minimum atomic E-state index is -0.364. The molecule has 2 aromatic carbocycles. The van der Waals surface area contributed by atoms with Crippen molar-refractivity contribution in [2.75, 3.05) is 60.1 Å². The molecule has 1 fully saturated rings. The van der Waals surface area contributed by atoms with Crippen LogP contribution in [0.2, 0.25) is 0 Å². The highest BCUT2D eigenvalue weighted by molar-refractivity contribution is 5.30. The number of rotatable bonds is 10. The van der Waals surface area contributed by atoms with Gasteiger partial charge in [-0.2, -0.15) is 0 Å². The number of nitrogens with zero attached hydrogens (tertiary/aromatic N) is 2. The number of ether oxygens (including phenoxy) is 3. The minimum absolute atomic E-state index is 0.202. The first-order valence-corrected chi connectivity index (χ1v) is 10.2. The lowest BCUT2D eigenvalue weighted by molar-refractivity contribution is -0.119. The molecule has 5 nitrogen and oxygen atoms in total. The molecule has 0 amide bonds. The summed E-state index contributed by atoms with van der Waals surface area (Å²) in [6, 6.07) is 12.5. The lowest BCUT2D eigenvalue weighted by Crippen LogP contribution is -2.49. The third kappa shape index (κ3) is 6.55.